The lowest BCUT2D eigenvalue weighted by molar-refractivity contribution is -0.116. The normalized spacial score (nSPS) is 13.9. The fourth-order valence-electron chi connectivity index (χ4n) is 4.74. The second-order valence-electron chi connectivity index (χ2n) is 9.39. The van der Waals surface area contributed by atoms with Crippen molar-refractivity contribution >= 4 is 11.5 Å². The molecule has 0 radical (unpaired) electrons. The summed E-state index contributed by atoms with van der Waals surface area (Å²) in [7, 11) is 0. The average molecular weight is 478 g/mol. The second-order valence-corrected chi connectivity index (χ2v) is 9.39. The Bertz CT molecular complexity index is 1380. The van der Waals surface area contributed by atoms with Crippen LogP contribution in [0.1, 0.15) is 37.4 Å². The maximum Gasteiger partial charge on any atom is 0.134 e. The van der Waals surface area contributed by atoms with Crippen molar-refractivity contribution in [3.05, 3.63) is 90.1 Å². The summed E-state index contributed by atoms with van der Waals surface area (Å²) in [6, 6.07) is 26.8. The molecule has 0 saturated carbocycles. The number of aryl methyl sites for hydroxylation is 1. The van der Waals surface area contributed by atoms with Crippen molar-refractivity contribution in [2.75, 3.05) is 13.1 Å². The number of piperidine rings is 1. The van der Waals surface area contributed by atoms with E-state index in [2.05, 4.69) is 52.8 Å². The van der Waals surface area contributed by atoms with Crippen molar-refractivity contribution in [1.82, 2.24) is 14.8 Å². The summed E-state index contributed by atoms with van der Waals surface area (Å²) in [6.07, 6.45) is 3.86. The van der Waals surface area contributed by atoms with Gasteiger partial charge in [0.2, 0.25) is 0 Å². The fraction of sp³-hybridized carbons (Fsp3) is 0.267. The van der Waals surface area contributed by atoms with Crippen molar-refractivity contribution in [2.24, 2.45) is 10.3 Å². The van der Waals surface area contributed by atoms with Crippen molar-refractivity contribution in [3.63, 3.8) is 0 Å². The molecular formula is C30H31N5O. The molecule has 0 amide bonds. The number of hydrogen-bond donors (Lipinski definition) is 0. The van der Waals surface area contributed by atoms with E-state index in [9.17, 15) is 4.79 Å². The molecular weight excluding hydrogens is 446 g/mol. The van der Waals surface area contributed by atoms with E-state index in [-0.39, 0.29) is 5.78 Å². The van der Waals surface area contributed by atoms with Gasteiger partial charge in [0.1, 0.15) is 5.78 Å². The highest BCUT2D eigenvalue weighted by molar-refractivity contribution is 5.82. The molecule has 1 fully saturated rings. The molecule has 3 aromatic carbocycles. The van der Waals surface area contributed by atoms with E-state index >= 15 is 0 Å². The van der Waals surface area contributed by atoms with Crippen LogP contribution in [0.5, 0.6) is 0 Å². The largest absolute Gasteiger partial charge is 0.300 e. The number of Topliss-reactive ketones (excluding diaryl/α,β-unsaturated/α-hetero) is 1. The third kappa shape index (κ3) is 5.28. The van der Waals surface area contributed by atoms with Crippen LogP contribution in [0.25, 0.3) is 28.1 Å². The molecule has 1 aromatic heterocycles. The molecule has 1 aliphatic rings. The highest BCUT2D eigenvalue weighted by Gasteiger charge is 2.16. The van der Waals surface area contributed by atoms with Crippen LogP contribution in [0.4, 0.5) is 5.69 Å². The summed E-state index contributed by atoms with van der Waals surface area (Å²) in [6.45, 7) is 5.50. The van der Waals surface area contributed by atoms with E-state index in [4.69, 9.17) is 5.10 Å². The zero-order valence-electron chi connectivity index (χ0n) is 20.9. The molecule has 0 N–H and O–H groups in total. The number of rotatable bonds is 7. The molecule has 1 aliphatic heterocycles. The molecule has 0 unspecified atom stereocenters. The highest BCUT2D eigenvalue weighted by Crippen LogP contribution is 2.34. The van der Waals surface area contributed by atoms with E-state index in [1.165, 1.54) is 6.42 Å². The van der Waals surface area contributed by atoms with Gasteiger partial charge in [0, 0.05) is 30.6 Å². The molecule has 0 aliphatic carbocycles. The summed E-state index contributed by atoms with van der Waals surface area (Å²) >= 11 is 0. The van der Waals surface area contributed by atoms with Gasteiger partial charge >= 0.3 is 0 Å². The van der Waals surface area contributed by atoms with Crippen molar-refractivity contribution < 1.29 is 4.79 Å². The van der Waals surface area contributed by atoms with Gasteiger partial charge in [-0.1, -0.05) is 59.8 Å². The Hall–Kier alpha value is -4.06. The minimum absolute atomic E-state index is 0.101. The first-order valence-corrected chi connectivity index (χ1v) is 12.6. The topological polar surface area (TPSA) is 62.9 Å². The molecule has 0 atom stereocenters. The molecule has 36 heavy (non-hydrogen) atoms. The van der Waals surface area contributed by atoms with E-state index in [1.807, 2.05) is 53.0 Å². The maximum atomic E-state index is 12.1. The minimum Gasteiger partial charge on any atom is -0.300 e. The van der Waals surface area contributed by atoms with Crippen LogP contribution in [0.2, 0.25) is 0 Å². The van der Waals surface area contributed by atoms with E-state index in [0.29, 0.717) is 6.42 Å². The zero-order chi connectivity index (χ0) is 24.9. The number of hydrogen-bond acceptors (Lipinski definition) is 4. The lowest BCUT2D eigenvalue weighted by atomic mass is 9.98. The number of carbonyl (C=O) groups is 1. The van der Waals surface area contributed by atoms with Crippen LogP contribution in [-0.2, 0) is 11.2 Å². The Labute approximate surface area is 212 Å². The Morgan fingerprint density at radius 1 is 0.889 bits per heavy atom. The summed E-state index contributed by atoms with van der Waals surface area (Å²) in [5.74, 6) is 0.101. The summed E-state index contributed by atoms with van der Waals surface area (Å²) in [5, 5.41) is 15.9. The molecule has 6 heteroatoms. The lowest BCUT2D eigenvalue weighted by Gasteiger charge is -2.22. The molecule has 2 heterocycles. The molecule has 1 saturated heterocycles. The second kappa shape index (κ2) is 10.7. The summed E-state index contributed by atoms with van der Waals surface area (Å²) in [4.78, 5) is 12.1. The highest BCUT2D eigenvalue weighted by atomic mass is 16.1. The van der Waals surface area contributed by atoms with Gasteiger partial charge in [0.15, 0.2) is 0 Å². The molecule has 182 valence electrons. The fourth-order valence-corrected chi connectivity index (χ4v) is 4.74. The van der Waals surface area contributed by atoms with Crippen LogP contribution in [-0.4, -0.2) is 33.7 Å². The summed E-state index contributed by atoms with van der Waals surface area (Å²) < 4.78 is 2.01. The average Bonchev–Trinajstić information content (AvgIpc) is 3.30. The third-order valence-electron chi connectivity index (χ3n) is 6.47. The first kappa shape index (κ1) is 23.7. The number of benzene rings is 3. The maximum absolute atomic E-state index is 12.1. The molecule has 0 bridgehead atoms. The van der Waals surface area contributed by atoms with Gasteiger partial charge in [-0.05, 0) is 68.5 Å². The Morgan fingerprint density at radius 3 is 2.42 bits per heavy atom. The quantitative estimate of drug-likeness (QED) is 0.266. The van der Waals surface area contributed by atoms with Crippen LogP contribution < -0.4 is 0 Å². The smallest absolute Gasteiger partial charge is 0.134 e. The predicted octanol–water partition coefficient (Wildman–Crippen LogP) is 7.13. The monoisotopic (exact) mass is 477 g/mol. The Balaban J connectivity index is 1.56. The van der Waals surface area contributed by atoms with Crippen LogP contribution in [0.15, 0.2) is 89.2 Å². The number of para-hydroxylation sites is 1. The number of ketones is 1. The van der Waals surface area contributed by atoms with E-state index < -0.39 is 0 Å². The predicted molar refractivity (Wildman–Crippen MR) is 143 cm³/mol. The van der Waals surface area contributed by atoms with E-state index in [0.717, 1.165) is 70.9 Å². The van der Waals surface area contributed by atoms with Crippen LogP contribution in [0.3, 0.4) is 0 Å². The van der Waals surface area contributed by atoms with Gasteiger partial charge in [0.05, 0.1) is 22.8 Å². The van der Waals surface area contributed by atoms with Crippen molar-refractivity contribution in [2.45, 2.75) is 39.5 Å². The van der Waals surface area contributed by atoms with Gasteiger partial charge in [-0.25, -0.2) is 4.68 Å². The number of carbonyl (C=O) groups excluding carboxylic acids is 1. The SMILES string of the molecule is CC(=O)Cc1cc(-c2ccccc2-n2nc(C)cc2-c2ccccc2)ccc1N=NN1CCCCC1. The Morgan fingerprint density at radius 2 is 1.64 bits per heavy atom. The lowest BCUT2D eigenvalue weighted by Crippen LogP contribution is -2.23. The van der Waals surface area contributed by atoms with Gasteiger partial charge in [-0.2, -0.15) is 5.10 Å². The van der Waals surface area contributed by atoms with Gasteiger partial charge < -0.3 is 0 Å². The van der Waals surface area contributed by atoms with Gasteiger partial charge in [-0.3, -0.25) is 9.80 Å². The van der Waals surface area contributed by atoms with Gasteiger partial charge in [0.25, 0.3) is 0 Å². The molecule has 0 spiro atoms. The first-order chi connectivity index (χ1) is 17.6. The van der Waals surface area contributed by atoms with Gasteiger partial charge in [-0.15, -0.1) is 5.11 Å². The third-order valence-corrected chi connectivity index (χ3v) is 6.47. The molecule has 4 aromatic rings. The van der Waals surface area contributed by atoms with Crippen molar-refractivity contribution in [3.8, 4) is 28.1 Å². The van der Waals surface area contributed by atoms with Crippen LogP contribution >= 0.6 is 0 Å². The van der Waals surface area contributed by atoms with E-state index in [1.54, 1.807) is 6.92 Å². The molecule has 6 nitrogen and oxygen atoms in total. The minimum atomic E-state index is 0.101. The number of aromatic nitrogens is 2. The first-order valence-electron chi connectivity index (χ1n) is 12.6. The van der Waals surface area contributed by atoms with Crippen LogP contribution in [0, 0.1) is 6.92 Å². The standard InChI is InChI=1S/C30H31N5O/c1-22-19-30(24-11-5-3-6-12-24)35(32-22)29-14-8-7-13-27(29)25-15-16-28(26(21-25)20-23(2)36)31-33-34-17-9-4-10-18-34/h3,5-8,11-16,19,21H,4,9-10,17-18,20H2,1-2H3. The zero-order valence-corrected chi connectivity index (χ0v) is 20.9. The number of nitrogens with zero attached hydrogens (tertiary/aromatic N) is 5. The summed E-state index contributed by atoms with van der Waals surface area (Å²) in [5.41, 5.74) is 7.78. The Kier molecular flexibility index (Phi) is 7.03. The van der Waals surface area contributed by atoms with Crippen molar-refractivity contribution in [1.29, 1.82) is 0 Å². The molecule has 5 rings (SSSR count).